The minimum atomic E-state index is -3.53. The predicted molar refractivity (Wildman–Crippen MR) is 107 cm³/mol. The first-order valence-corrected chi connectivity index (χ1v) is 10.6. The summed E-state index contributed by atoms with van der Waals surface area (Å²) in [5.74, 6) is -0.359. The number of hydrogen-bond donors (Lipinski definition) is 2. The van der Waals surface area contributed by atoms with Gasteiger partial charge in [0.2, 0.25) is 10.0 Å². The van der Waals surface area contributed by atoms with Crippen LogP contribution in [0.25, 0.3) is 0 Å². The van der Waals surface area contributed by atoms with Crippen LogP contribution in [0.5, 0.6) is 0 Å². The maximum atomic E-state index is 12.3. The summed E-state index contributed by atoms with van der Waals surface area (Å²) < 4.78 is 25.7. The summed E-state index contributed by atoms with van der Waals surface area (Å²) in [6, 6.07) is 13.2. The Balaban J connectivity index is 1.68. The lowest BCUT2D eigenvalue weighted by Gasteiger charge is -2.04. The number of benzene rings is 2. The fourth-order valence-electron chi connectivity index (χ4n) is 2.35. The zero-order chi connectivity index (χ0) is 19.4. The van der Waals surface area contributed by atoms with Gasteiger partial charge in [0.25, 0.3) is 5.91 Å². The standard InChI is InChI=1S/C18H16ClN3O3S2/c1-20-27(24,25)15-8-6-12(7-9-15)17(23)22-18-21-11-14(26-18)10-13-4-2-3-5-16(13)19/h2-9,11,20H,10H2,1H3,(H,21,22,23). The molecule has 3 aromatic rings. The maximum Gasteiger partial charge on any atom is 0.257 e. The van der Waals surface area contributed by atoms with Gasteiger partial charge in [-0.05, 0) is 42.9 Å². The van der Waals surface area contributed by atoms with Crippen molar-refractivity contribution < 1.29 is 13.2 Å². The van der Waals surface area contributed by atoms with E-state index in [-0.39, 0.29) is 10.8 Å². The molecule has 3 rings (SSSR count). The molecule has 0 radical (unpaired) electrons. The van der Waals surface area contributed by atoms with Crippen LogP contribution in [0.4, 0.5) is 5.13 Å². The molecule has 0 bridgehead atoms. The Morgan fingerprint density at radius 3 is 2.52 bits per heavy atom. The number of rotatable bonds is 6. The Kier molecular flexibility index (Phi) is 5.91. The first kappa shape index (κ1) is 19.5. The molecule has 0 aliphatic rings. The van der Waals surface area contributed by atoms with Gasteiger partial charge in [0.05, 0.1) is 4.90 Å². The summed E-state index contributed by atoms with van der Waals surface area (Å²) in [5.41, 5.74) is 1.33. The van der Waals surface area contributed by atoms with Gasteiger partial charge in [-0.25, -0.2) is 18.1 Å². The van der Waals surface area contributed by atoms with Gasteiger partial charge in [0.15, 0.2) is 5.13 Å². The molecule has 9 heteroatoms. The molecule has 1 aromatic heterocycles. The average Bonchev–Trinajstić information content (AvgIpc) is 3.10. The van der Waals surface area contributed by atoms with Gasteiger partial charge in [0.1, 0.15) is 0 Å². The van der Waals surface area contributed by atoms with E-state index in [0.29, 0.717) is 22.1 Å². The molecule has 1 heterocycles. The molecule has 6 nitrogen and oxygen atoms in total. The predicted octanol–water partition coefficient (Wildman–Crippen LogP) is 3.55. The first-order chi connectivity index (χ1) is 12.9. The second kappa shape index (κ2) is 8.18. The highest BCUT2D eigenvalue weighted by Crippen LogP contribution is 2.25. The molecule has 0 aliphatic heterocycles. The quantitative estimate of drug-likeness (QED) is 0.637. The second-order valence-corrected chi connectivity index (χ2v) is 8.99. The van der Waals surface area contributed by atoms with Crippen LogP contribution >= 0.6 is 22.9 Å². The van der Waals surface area contributed by atoms with E-state index in [2.05, 4.69) is 15.0 Å². The molecular weight excluding hydrogens is 406 g/mol. The molecular formula is C18H16ClN3O3S2. The fourth-order valence-corrected chi connectivity index (χ4v) is 4.11. The highest BCUT2D eigenvalue weighted by atomic mass is 35.5. The summed E-state index contributed by atoms with van der Waals surface area (Å²) in [6.45, 7) is 0. The lowest BCUT2D eigenvalue weighted by atomic mass is 10.1. The number of hydrogen-bond acceptors (Lipinski definition) is 5. The smallest absolute Gasteiger partial charge is 0.257 e. The van der Waals surface area contributed by atoms with E-state index < -0.39 is 10.0 Å². The molecule has 0 saturated carbocycles. The van der Waals surface area contributed by atoms with Crippen molar-refractivity contribution in [2.24, 2.45) is 0 Å². The highest BCUT2D eigenvalue weighted by molar-refractivity contribution is 7.89. The van der Waals surface area contributed by atoms with E-state index in [0.717, 1.165) is 10.4 Å². The SMILES string of the molecule is CNS(=O)(=O)c1ccc(C(=O)Nc2ncc(Cc3ccccc3Cl)s2)cc1. The van der Waals surface area contributed by atoms with Crippen LogP contribution in [0.2, 0.25) is 5.02 Å². The van der Waals surface area contributed by atoms with Crippen molar-refractivity contribution in [3.63, 3.8) is 0 Å². The van der Waals surface area contributed by atoms with Gasteiger partial charge in [-0.1, -0.05) is 29.8 Å². The highest BCUT2D eigenvalue weighted by Gasteiger charge is 2.14. The van der Waals surface area contributed by atoms with Crippen LogP contribution in [0.3, 0.4) is 0 Å². The zero-order valence-electron chi connectivity index (χ0n) is 14.3. The Hall–Kier alpha value is -2.26. The van der Waals surface area contributed by atoms with E-state index >= 15 is 0 Å². The van der Waals surface area contributed by atoms with Crippen molar-refractivity contribution in [3.05, 3.63) is 75.8 Å². The molecule has 2 aromatic carbocycles. The van der Waals surface area contributed by atoms with Crippen LogP contribution in [-0.2, 0) is 16.4 Å². The molecule has 0 aliphatic carbocycles. The summed E-state index contributed by atoms with van der Waals surface area (Å²) in [7, 11) is -2.20. The van der Waals surface area contributed by atoms with Crippen molar-refractivity contribution >= 4 is 44.0 Å². The summed E-state index contributed by atoms with van der Waals surface area (Å²) in [6.07, 6.45) is 2.33. The Bertz CT molecular complexity index is 1060. The van der Waals surface area contributed by atoms with Gasteiger partial charge in [-0.2, -0.15) is 0 Å². The average molecular weight is 422 g/mol. The van der Waals surface area contributed by atoms with Crippen LogP contribution in [0.15, 0.2) is 59.6 Å². The van der Waals surface area contributed by atoms with Crippen LogP contribution < -0.4 is 10.0 Å². The molecule has 0 fully saturated rings. The lowest BCUT2D eigenvalue weighted by molar-refractivity contribution is 0.102. The third kappa shape index (κ3) is 4.72. The number of carbonyl (C=O) groups is 1. The van der Waals surface area contributed by atoms with Gasteiger partial charge in [-0.3, -0.25) is 10.1 Å². The van der Waals surface area contributed by atoms with Crippen LogP contribution in [0.1, 0.15) is 20.8 Å². The van der Waals surface area contributed by atoms with E-state index in [4.69, 9.17) is 11.6 Å². The zero-order valence-corrected chi connectivity index (χ0v) is 16.7. The molecule has 0 unspecified atom stereocenters. The normalized spacial score (nSPS) is 11.3. The molecule has 0 spiro atoms. The number of nitrogens with zero attached hydrogens (tertiary/aromatic N) is 1. The van der Waals surface area contributed by atoms with E-state index in [9.17, 15) is 13.2 Å². The monoisotopic (exact) mass is 421 g/mol. The Morgan fingerprint density at radius 2 is 1.85 bits per heavy atom. The third-order valence-corrected chi connectivity index (χ3v) is 6.50. The molecule has 2 N–H and O–H groups in total. The van der Waals surface area contributed by atoms with Crippen molar-refractivity contribution in [1.29, 1.82) is 0 Å². The van der Waals surface area contributed by atoms with Gasteiger partial charge in [0, 0.05) is 28.1 Å². The largest absolute Gasteiger partial charge is 0.298 e. The van der Waals surface area contributed by atoms with Crippen molar-refractivity contribution in [2.75, 3.05) is 12.4 Å². The number of aromatic nitrogens is 1. The summed E-state index contributed by atoms with van der Waals surface area (Å²) in [5, 5.41) is 3.88. The molecule has 27 heavy (non-hydrogen) atoms. The van der Waals surface area contributed by atoms with Crippen molar-refractivity contribution in [3.8, 4) is 0 Å². The van der Waals surface area contributed by atoms with Crippen LogP contribution in [0, 0.1) is 0 Å². The number of anilines is 1. The van der Waals surface area contributed by atoms with E-state index in [1.165, 1.54) is 42.6 Å². The van der Waals surface area contributed by atoms with E-state index in [1.807, 2.05) is 24.3 Å². The van der Waals surface area contributed by atoms with Crippen molar-refractivity contribution in [1.82, 2.24) is 9.71 Å². The fraction of sp³-hybridized carbons (Fsp3) is 0.111. The van der Waals surface area contributed by atoms with Gasteiger partial charge >= 0.3 is 0 Å². The molecule has 0 saturated heterocycles. The van der Waals surface area contributed by atoms with E-state index in [1.54, 1.807) is 6.20 Å². The minimum Gasteiger partial charge on any atom is -0.298 e. The Labute approximate surface area is 166 Å². The van der Waals surface area contributed by atoms with Gasteiger partial charge < -0.3 is 0 Å². The number of thiazole rings is 1. The number of carbonyl (C=O) groups excluding carboxylic acids is 1. The number of sulfonamides is 1. The number of nitrogens with one attached hydrogen (secondary N) is 2. The van der Waals surface area contributed by atoms with Crippen molar-refractivity contribution in [2.45, 2.75) is 11.3 Å². The lowest BCUT2D eigenvalue weighted by Crippen LogP contribution is -2.19. The second-order valence-electron chi connectivity index (χ2n) is 5.59. The minimum absolute atomic E-state index is 0.0952. The Morgan fingerprint density at radius 1 is 1.15 bits per heavy atom. The maximum absolute atomic E-state index is 12.3. The molecule has 0 atom stereocenters. The number of amides is 1. The first-order valence-electron chi connectivity index (χ1n) is 7.92. The topological polar surface area (TPSA) is 88.2 Å². The molecule has 1 amide bonds. The van der Waals surface area contributed by atoms with Crippen LogP contribution in [-0.4, -0.2) is 26.4 Å². The molecule has 140 valence electrons. The summed E-state index contributed by atoms with van der Waals surface area (Å²) in [4.78, 5) is 17.6. The summed E-state index contributed by atoms with van der Waals surface area (Å²) >= 11 is 7.53. The van der Waals surface area contributed by atoms with Gasteiger partial charge in [-0.15, -0.1) is 11.3 Å². The number of halogens is 1. The third-order valence-electron chi connectivity index (χ3n) is 3.79.